The lowest BCUT2D eigenvalue weighted by molar-refractivity contribution is -0.119. The van der Waals surface area contributed by atoms with Gasteiger partial charge in [-0.25, -0.2) is 14.3 Å². The summed E-state index contributed by atoms with van der Waals surface area (Å²) < 4.78 is 22.2. The first-order valence-electron chi connectivity index (χ1n) is 10.0. The molecule has 0 unspecified atom stereocenters. The fourth-order valence-electron chi connectivity index (χ4n) is 3.19. The zero-order valence-electron chi connectivity index (χ0n) is 18.7. The molecule has 0 aliphatic carbocycles. The number of benzene rings is 2. The monoisotopic (exact) mass is 487 g/mol. The standard InChI is InChI=1S/C23H22ClN3O7/c1-4-33-16-10-14(15(24)11-17(16)34-12-18(25)28)20-19(22(29)31-2)21(23(30)32-3)27(26-20)13-8-6-5-7-9-13/h5-11H,4,12H2,1-3H3,(H2,25,28). The fraction of sp³-hybridized carbons (Fsp3) is 0.217. The van der Waals surface area contributed by atoms with Crippen LogP contribution in [0, 0.1) is 0 Å². The van der Waals surface area contributed by atoms with E-state index in [2.05, 4.69) is 5.10 Å². The summed E-state index contributed by atoms with van der Waals surface area (Å²) in [5.41, 5.74) is 5.70. The first kappa shape index (κ1) is 24.6. The second-order valence-electron chi connectivity index (χ2n) is 6.77. The molecule has 0 atom stereocenters. The zero-order chi connectivity index (χ0) is 24.8. The molecule has 178 valence electrons. The minimum absolute atomic E-state index is 0.0588. The number of halogens is 1. The molecule has 10 nitrogen and oxygen atoms in total. The Morgan fingerprint density at radius 3 is 2.24 bits per heavy atom. The Kier molecular flexibility index (Phi) is 7.75. The summed E-state index contributed by atoms with van der Waals surface area (Å²) in [5.74, 6) is -1.90. The Morgan fingerprint density at radius 2 is 1.65 bits per heavy atom. The van der Waals surface area contributed by atoms with Crippen molar-refractivity contribution in [3.8, 4) is 28.4 Å². The molecule has 0 aliphatic heterocycles. The summed E-state index contributed by atoms with van der Waals surface area (Å²) in [5, 5.41) is 4.63. The van der Waals surface area contributed by atoms with Crippen LogP contribution in [0.4, 0.5) is 0 Å². The second-order valence-corrected chi connectivity index (χ2v) is 7.18. The van der Waals surface area contributed by atoms with E-state index >= 15 is 0 Å². The van der Waals surface area contributed by atoms with E-state index in [-0.39, 0.29) is 45.6 Å². The number of primary amides is 1. The summed E-state index contributed by atoms with van der Waals surface area (Å²) in [6, 6.07) is 11.6. The number of nitrogens with zero attached hydrogens (tertiary/aromatic N) is 2. The predicted molar refractivity (Wildman–Crippen MR) is 123 cm³/mol. The molecule has 0 radical (unpaired) electrons. The van der Waals surface area contributed by atoms with E-state index in [0.29, 0.717) is 5.69 Å². The summed E-state index contributed by atoms with van der Waals surface area (Å²) in [6.07, 6.45) is 0. The molecule has 0 fully saturated rings. The molecule has 2 N–H and O–H groups in total. The van der Waals surface area contributed by atoms with Crippen molar-refractivity contribution in [2.75, 3.05) is 27.4 Å². The van der Waals surface area contributed by atoms with Gasteiger partial charge in [-0.15, -0.1) is 0 Å². The van der Waals surface area contributed by atoms with Gasteiger partial charge in [-0.3, -0.25) is 4.79 Å². The first-order valence-corrected chi connectivity index (χ1v) is 10.4. The number of amides is 1. The van der Waals surface area contributed by atoms with Gasteiger partial charge in [-0.2, -0.15) is 5.10 Å². The molecule has 0 bridgehead atoms. The Balaban J connectivity index is 2.31. The van der Waals surface area contributed by atoms with E-state index in [1.165, 1.54) is 31.0 Å². The third-order valence-electron chi connectivity index (χ3n) is 4.61. The van der Waals surface area contributed by atoms with Gasteiger partial charge in [0.25, 0.3) is 5.91 Å². The van der Waals surface area contributed by atoms with Crippen molar-refractivity contribution >= 4 is 29.4 Å². The normalized spacial score (nSPS) is 10.5. The number of rotatable bonds is 9. The third-order valence-corrected chi connectivity index (χ3v) is 4.93. The third kappa shape index (κ3) is 4.96. The predicted octanol–water partition coefficient (Wildman–Crippen LogP) is 3.03. The van der Waals surface area contributed by atoms with E-state index in [0.717, 1.165) is 0 Å². The van der Waals surface area contributed by atoms with Crippen LogP contribution in [0.3, 0.4) is 0 Å². The van der Waals surface area contributed by atoms with Crippen molar-refractivity contribution in [3.05, 3.63) is 58.7 Å². The highest BCUT2D eigenvalue weighted by Gasteiger charge is 2.32. The van der Waals surface area contributed by atoms with Crippen LogP contribution in [0.25, 0.3) is 16.9 Å². The molecule has 3 rings (SSSR count). The van der Waals surface area contributed by atoms with Crippen LogP contribution < -0.4 is 15.2 Å². The molecule has 0 saturated heterocycles. The van der Waals surface area contributed by atoms with Gasteiger partial charge in [0.2, 0.25) is 0 Å². The summed E-state index contributed by atoms with van der Waals surface area (Å²) >= 11 is 6.52. The van der Waals surface area contributed by atoms with Gasteiger partial charge in [-0.05, 0) is 25.1 Å². The number of para-hydroxylation sites is 1. The Morgan fingerprint density at radius 1 is 1.00 bits per heavy atom. The van der Waals surface area contributed by atoms with Crippen LogP contribution in [-0.4, -0.2) is 55.1 Å². The van der Waals surface area contributed by atoms with Gasteiger partial charge in [-0.1, -0.05) is 29.8 Å². The molecule has 11 heteroatoms. The van der Waals surface area contributed by atoms with Crippen molar-refractivity contribution < 1.29 is 33.3 Å². The molecule has 3 aromatic rings. The lowest BCUT2D eigenvalue weighted by Gasteiger charge is -2.14. The maximum atomic E-state index is 12.8. The molecule has 1 aromatic heterocycles. The van der Waals surface area contributed by atoms with Crippen molar-refractivity contribution in [1.82, 2.24) is 9.78 Å². The molecule has 1 amide bonds. The average Bonchev–Trinajstić information content (AvgIpc) is 3.24. The van der Waals surface area contributed by atoms with Gasteiger partial charge in [0.1, 0.15) is 11.3 Å². The molecule has 2 aromatic carbocycles. The van der Waals surface area contributed by atoms with Gasteiger partial charge >= 0.3 is 11.9 Å². The van der Waals surface area contributed by atoms with E-state index in [1.54, 1.807) is 37.3 Å². The SMILES string of the molecule is CCOc1cc(-c2nn(-c3ccccc3)c(C(=O)OC)c2C(=O)OC)c(Cl)cc1OCC(N)=O. The molecule has 1 heterocycles. The van der Waals surface area contributed by atoms with Gasteiger partial charge in [0.15, 0.2) is 23.8 Å². The van der Waals surface area contributed by atoms with E-state index < -0.39 is 24.5 Å². The molecular weight excluding hydrogens is 466 g/mol. The second kappa shape index (κ2) is 10.7. The average molecular weight is 488 g/mol. The number of hydrogen-bond acceptors (Lipinski definition) is 8. The highest BCUT2D eigenvalue weighted by molar-refractivity contribution is 6.33. The van der Waals surface area contributed by atoms with E-state index in [4.69, 9.17) is 36.3 Å². The van der Waals surface area contributed by atoms with Gasteiger partial charge in [0.05, 0.1) is 31.5 Å². The Hall–Kier alpha value is -4.05. The lowest BCUT2D eigenvalue weighted by atomic mass is 10.0. The number of hydrogen-bond donors (Lipinski definition) is 1. The molecule has 34 heavy (non-hydrogen) atoms. The number of carbonyl (C=O) groups is 3. The van der Waals surface area contributed by atoms with Crippen molar-refractivity contribution in [2.24, 2.45) is 5.73 Å². The van der Waals surface area contributed by atoms with Crippen molar-refractivity contribution in [3.63, 3.8) is 0 Å². The first-order chi connectivity index (χ1) is 16.3. The van der Waals surface area contributed by atoms with Crippen LogP contribution in [-0.2, 0) is 14.3 Å². The van der Waals surface area contributed by atoms with Crippen molar-refractivity contribution in [2.45, 2.75) is 6.92 Å². The molecule has 0 saturated carbocycles. The minimum atomic E-state index is -0.819. The number of nitrogens with two attached hydrogens (primary N) is 1. The van der Waals surface area contributed by atoms with Crippen molar-refractivity contribution in [1.29, 1.82) is 0 Å². The summed E-state index contributed by atoms with van der Waals surface area (Å²) in [4.78, 5) is 36.7. The molecular formula is C23H22ClN3O7. The van der Waals surface area contributed by atoms with E-state index in [9.17, 15) is 14.4 Å². The number of methoxy groups -OCH3 is 2. The number of esters is 2. The topological polar surface area (TPSA) is 132 Å². The quantitative estimate of drug-likeness (QED) is 0.455. The maximum absolute atomic E-state index is 12.8. The van der Waals surface area contributed by atoms with Crippen LogP contribution in [0.1, 0.15) is 27.8 Å². The molecule has 0 aliphatic rings. The maximum Gasteiger partial charge on any atom is 0.357 e. The van der Waals surface area contributed by atoms with Crippen LogP contribution in [0.15, 0.2) is 42.5 Å². The fourth-order valence-corrected chi connectivity index (χ4v) is 3.43. The number of ether oxygens (including phenoxy) is 4. The molecule has 0 spiro atoms. The minimum Gasteiger partial charge on any atom is -0.490 e. The largest absolute Gasteiger partial charge is 0.490 e. The van der Waals surface area contributed by atoms with E-state index in [1.807, 2.05) is 0 Å². The summed E-state index contributed by atoms with van der Waals surface area (Å²) in [6.45, 7) is 1.63. The van der Waals surface area contributed by atoms with Gasteiger partial charge in [0, 0.05) is 11.6 Å². The zero-order valence-corrected chi connectivity index (χ0v) is 19.4. The van der Waals surface area contributed by atoms with Crippen LogP contribution >= 0.6 is 11.6 Å². The Labute approximate surface area is 200 Å². The van der Waals surface area contributed by atoms with Crippen LogP contribution in [0.5, 0.6) is 11.5 Å². The lowest BCUT2D eigenvalue weighted by Crippen LogP contribution is -2.20. The van der Waals surface area contributed by atoms with Crippen LogP contribution in [0.2, 0.25) is 5.02 Å². The highest BCUT2D eigenvalue weighted by atomic mass is 35.5. The number of carbonyl (C=O) groups excluding carboxylic acids is 3. The summed E-state index contributed by atoms with van der Waals surface area (Å²) in [7, 11) is 2.37. The van der Waals surface area contributed by atoms with Gasteiger partial charge < -0.3 is 24.7 Å². The Bertz CT molecular complexity index is 1230. The number of aromatic nitrogens is 2. The highest BCUT2D eigenvalue weighted by Crippen LogP contribution is 2.40. The smallest absolute Gasteiger partial charge is 0.357 e.